The zero-order chi connectivity index (χ0) is 22.6. The Kier molecular flexibility index (Phi) is 4.63. The molecule has 4 aromatic rings. The Morgan fingerprint density at radius 3 is 2.47 bits per heavy atom. The van der Waals surface area contributed by atoms with Crippen LogP contribution < -0.4 is 11.5 Å². The van der Waals surface area contributed by atoms with Crippen molar-refractivity contribution in [2.75, 3.05) is 5.73 Å². The van der Waals surface area contributed by atoms with E-state index in [1.54, 1.807) is 30.3 Å². The predicted molar refractivity (Wildman–Crippen MR) is 116 cm³/mol. The van der Waals surface area contributed by atoms with Crippen molar-refractivity contribution < 1.29 is 18.7 Å². The van der Waals surface area contributed by atoms with Crippen LogP contribution in [0.5, 0.6) is 0 Å². The molecule has 0 bridgehead atoms. The van der Waals surface area contributed by atoms with Gasteiger partial charge in [-0.2, -0.15) is 5.10 Å². The van der Waals surface area contributed by atoms with E-state index in [1.165, 1.54) is 22.9 Å². The minimum atomic E-state index is -0.847. The minimum Gasteiger partial charge on any atom is -0.393 e. The molecule has 2 aromatic heterocycles. The van der Waals surface area contributed by atoms with E-state index in [1.807, 2.05) is 0 Å². The number of pyridine rings is 1. The number of hydrogen-bond acceptors (Lipinski definition) is 5. The molecule has 5 rings (SSSR count). The van der Waals surface area contributed by atoms with Crippen molar-refractivity contribution in [3.8, 4) is 22.5 Å². The van der Waals surface area contributed by atoms with Crippen molar-refractivity contribution in [3.63, 3.8) is 0 Å². The first-order chi connectivity index (χ1) is 15.3. The van der Waals surface area contributed by atoms with Gasteiger partial charge in [0.1, 0.15) is 34.1 Å². The molecule has 1 aliphatic rings. The number of hydrogen-bond donors (Lipinski definition) is 3. The number of aliphatic hydroxyl groups is 1. The number of aliphatic hydroxyl groups excluding tert-OH is 1. The molecule has 1 fully saturated rings. The largest absolute Gasteiger partial charge is 0.393 e. The molecule has 1 amide bonds. The van der Waals surface area contributed by atoms with Crippen LogP contribution in [-0.4, -0.2) is 31.9 Å². The van der Waals surface area contributed by atoms with Crippen LogP contribution in [0.4, 0.5) is 14.6 Å². The second-order valence-electron chi connectivity index (χ2n) is 7.88. The number of nitrogens with zero attached hydrogens (tertiary/aromatic N) is 3. The second kappa shape index (κ2) is 7.38. The lowest BCUT2D eigenvalue weighted by molar-refractivity contribution is 0.0445. The number of halogens is 2. The Labute approximate surface area is 181 Å². The summed E-state index contributed by atoms with van der Waals surface area (Å²) in [7, 11) is 0. The summed E-state index contributed by atoms with van der Waals surface area (Å²) in [6.45, 7) is 0. The van der Waals surface area contributed by atoms with Gasteiger partial charge >= 0.3 is 0 Å². The van der Waals surface area contributed by atoms with Gasteiger partial charge in [0.15, 0.2) is 5.82 Å². The summed E-state index contributed by atoms with van der Waals surface area (Å²) < 4.78 is 31.7. The molecule has 162 valence electrons. The Morgan fingerprint density at radius 2 is 1.81 bits per heavy atom. The van der Waals surface area contributed by atoms with Crippen LogP contribution in [0.25, 0.3) is 33.4 Å². The van der Waals surface area contributed by atoms with Crippen LogP contribution in [0.15, 0.2) is 48.5 Å². The molecule has 1 saturated carbocycles. The van der Waals surface area contributed by atoms with E-state index in [4.69, 9.17) is 11.5 Å². The van der Waals surface area contributed by atoms with Gasteiger partial charge in [-0.05, 0) is 25.0 Å². The molecule has 1 aliphatic carbocycles. The smallest absolute Gasteiger partial charge is 0.254 e. The van der Waals surface area contributed by atoms with E-state index in [0.29, 0.717) is 18.4 Å². The number of anilines is 1. The van der Waals surface area contributed by atoms with Crippen LogP contribution in [0.1, 0.15) is 29.2 Å². The summed E-state index contributed by atoms with van der Waals surface area (Å²) in [5, 5.41) is 14.2. The van der Waals surface area contributed by atoms with Crippen molar-refractivity contribution in [2.24, 2.45) is 5.73 Å². The number of nitrogen functional groups attached to an aromatic ring is 1. The number of amides is 1. The van der Waals surface area contributed by atoms with Crippen molar-refractivity contribution in [3.05, 3.63) is 65.7 Å². The van der Waals surface area contributed by atoms with Crippen molar-refractivity contribution in [1.82, 2.24) is 14.8 Å². The van der Waals surface area contributed by atoms with E-state index in [0.717, 1.165) is 0 Å². The molecule has 7 nitrogen and oxygen atoms in total. The molecule has 9 heteroatoms. The van der Waals surface area contributed by atoms with Gasteiger partial charge in [-0.15, -0.1) is 0 Å². The SMILES string of the molecule is NC(=O)c1c(-c2ccc3cc(F)c(-c4ccccc4)nc3c2F)nn(C2CC(O)C2)c1N. The summed E-state index contributed by atoms with van der Waals surface area (Å²) in [4.78, 5) is 16.4. The van der Waals surface area contributed by atoms with Gasteiger partial charge in [-0.25, -0.2) is 18.4 Å². The Balaban J connectivity index is 1.70. The van der Waals surface area contributed by atoms with Gasteiger partial charge in [0.2, 0.25) is 0 Å². The highest BCUT2D eigenvalue weighted by Gasteiger charge is 2.34. The molecule has 5 N–H and O–H groups in total. The third-order valence-corrected chi connectivity index (χ3v) is 5.81. The Bertz CT molecular complexity index is 1360. The maximum Gasteiger partial charge on any atom is 0.254 e. The zero-order valence-corrected chi connectivity index (χ0v) is 16.8. The second-order valence-corrected chi connectivity index (χ2v) is 7.88. The van der Waals surface area contributed by atoms with Crippen molar-refractivity contribution in [1.29, 1.82) is 0 Å². The number of benzene rings is 2. The number of carbonyl (C=O) groups excluding carboxylic acids is 1. The average Bonchev–Trinajstić information content (AvgIpc) is 3.08. The number of aromatic nitrogens is 3. The number of primary amides is 1. The van der Waals surface area contributed by atoms with E-state index < -0.39 is 23.6 Å². The van der Waals surface area contributed by atoms with Gasteiger partial charge in [0, 0.05) is 16.5 Å². The molecular formula is C23H19F2N5O2. The van der Waals surface area contributed by atoms with Crippen LogP contribution in [0.3, 0.4) is 0 Å². The van der Waals surface area contributed by atoms with E-state index in [2.05, 4.69) is 10.1 Å². The molecule has 0 radical (unpaired) electrons. The third-order valence-electron chi connectivity index (χ3n) is 5.81. The number of rotatable bonds is 4. The highest BCUT2D eigenvalue weighted by Crippen LogP contribution is 2.39. The standard InChI is InChI=1S/C23H19F2N5O2/c24-16-8-12-6-7-15(18(25)20(12)28-19(16)11-4-2-1-3-5-11)21-17(23(27)32)22(26)30(29-21)13-9-14(31)10-13/h1-8,13-14,31H,9-10,26H2,(H2,27,32). The van der Waals surface area contributed by atoms with E-state index in [-0.39, 0.29) is 45.3 Å². The molecular weight excluding hydrogens is 416 g/mol. The first-order valence-corrected chi connectivity index (χ1v) is 10.1. The maximum absolute atomic E-state index is 15.7. The number of nitrogens with two attached hydrogens (primary N) is 2. The van der Waals surface area contributed by atoms with Crippen molar-refractivity contribution >= 4 is 22.6 Å². The molecule has 32 heavy (non-hydrogen) atoms. The van der Waals surface area contributed by atoms with Gasteiger partial charge in [0.05, 0.1) is 12.1 Å². The monoisotopic (exact) mass is 435 g/mol. The zero-order valence-electron chi connectivity index (χ0n) is 16.8. The van der Waals surface area contributed by atoms with Gasteiger partial charge in [-0.3, -0.25) is 4.79 Å². The normalized spacial score (nSPS) is 18.0. The molecule has 0 unspecified atom stereocenters. The fourth-order valence-electron chi connectivity index (χ4n) is 4.08. The van der Waals surface area contributed by atoms with Gasteiger partial charge in [-0.1, -0.05) is 36.4 Å². The summed E-state index contributed by atoms with van der Waals surface area (Å²) in [6.07, 6.45) is 0.368. The predicted octanol–water partition coefficient (Wildman–Crippen LogP) is 3.42. The summed E-state index contributed by atoms with van der Waals surface area (Å²) in [5.41, 5.74) is 12.0. The van der Waals surface area contributed by atoms with Crippen LogP contribution in [0, 0.1) is 11.6 Å². The van der Waals surface area contributed by atoms with Crippen LogP contribution in [-0.2, 0) is 0 Å². The van der Waals surface area contributed by atoms with E-state index in [9.17, 15) is 14.3 Å². The fraction of sp³-hybridized carbons (Fsp3) is 0.174. The van der Waals surface area contributed by atoms with Crippen molar-refractivity contribution in [2.45, 2.75) is 25.0 Å². The van der Waals surface area contributed by atoms with Crippen LogP contribution >= 0.6 is 0 Å². The molecule has 2 aromatic carbocycles. The fourth-order valence-corrected chi connectivity index (χ4v) is 4.08. The first-order valence-electron chi connectivity index (χ1n) is 10.1. The average molecular weight is 435 g/mol. The Morgan fingerprint density at radius 1 is 1.09 bits per heavy atom. The molecule has 0 spiro atoms. The summed E-state index contributed by atoms with van der Waals surface area (Å²) >= 11 is 0. The molecule has 0 saturated heterocycles. The Hall–Kier alpha value is -3.85. The molecule has 0 atom stereocenters. The maximum atomic E-state index is 15.7. The number of fused-ring (bicyclic) bond motifs is 1. The lowest BCUT2D eigenvalue weighted by Gasteiger charge is -2.32. The summed E-state index contributed by atoms with van der Waals surface area (Å²) in [5.74, 6) is -2.17. The topological polar surface area (TPSA) is 120 Å². The van der Waals surface area contributed by atoms with Crippen LogP contribution in [0.2, 0.25) is 0 Å². The highest BCUT2D eigenvalue weighted by atomic mass is 19.1. The molecule has 2 heterocycles. The quantitative estimate of drug-likeness (QED) is 0.454. The summed E-state index contributed by atoms with van der Waals surface area (Å²) in [6, 6.07) is 12.5. The number of carbonyl (C=O) groups is 1. The third kappa shape index (κ3) is 3.09. The lowest BCUT2D eigenvalue weighted by atomic mass is 9.90. The molecule has 0 aliphatic heterocycles. The van der Waals surface area contributed by atoms with E-state index >= 15 is 4.39 Å². The first kappa shape index (κ1) is 20.1. The van der Waals surface area contributed by atoms with Gasteiger partial charge < -0.3 is 16.6 Å². The highest BCUT2D eigenvalue weighted by molar-refractivity contribution is 6.04. The minimum absolute atomic E-state index is 0.0109. The lowest BCUT2D eigenvalue weighted by Crippen LogP contribution is -2.32. The van der Waals surface area contributed by atoms with Gasteiger partial charge in [0.25, 0.3) is 5.91 Å².